The molecule has 3 aromatic rings. The van der Waals surface area contributed by atoms with Crippen LogP contribution in [0.2, 0.25) is 5.02 Å². The van der Waals surface area contributed by atoms with Crippen LogP contribution in [0.4, 0.5) is 17.5 Å². The highest BCUT2D eigenvalue weighted by molar-refractivity contribution is 6.30. The Hall–Kier alpha value is -2.79. The Morgan fingerprint density at radius 3 is 2.69 bits per heavy atom. The summed E-state index contributed by atoms with van der Waals surface area (Å²) >= 11 is 6.02. The minimum Gasteiger partial charge on any atom is -0.497 e. The molecule has 0 saturated carbocycles. The topological polar surface area (TPSA) is 59.1 Å². The number of benzene rings is 2. The summed E-state index contributed by atoms with van der Waals surface area (Å²) in [7, 11) is 1.65. The molecule has 0 aliphatic carbocycles. The predicted molar refractivity (Wildman–Crippen MR) is 107 cm³/mol. The molecule has 6 heteroatoms. The van der Waals surface area contributed by atoms with Crippen molar-refractivity contribution in [3.05, 3.63) is 70.9 Å². The number of halogens is 1. The molecule has 2 N–H and O–H groups in total. The molecule has 26 heavy (non-hydrogen) atoms. The van der Waals surface area contributed by atoms with Crippen molar-refractivity contribution in [1.82, 2.24) is 9.97 Å². The van der Waals surface area contributed by atoms with E-state index >= 15 is 0 Å². The average Bonchev–Trinajstić information content (AvgIpc) is 2.61. The monoisotopic (exact) mass is 368 g/mol. The van der Waals surface area contributed by atoms with Gasteiger partial charge in [-0.1, -0.05) is 29.8 Å². The maximum absolute atomic E-state index is 6.02. The van der Waals surface area contributed by atoms with Gasteiger partial charge in [0.05, 0.1) is 7.11 Å². The lowest BCUT2D eigenvalue weighted by molar-refractivity contribution is 0.415. The SMILES string of the molecule is COc1cccc(Nc2cc(C)nc(NCCc3cccc(Cl)c3)n2)c1. The zero-order valence-corrected chi connectivity index (χ0v) is 15.5. The molecule has 134 valence electrons. The number of nitrogens with zero attached hydrogens (tertiary/aromatic N) is 2. The summed E-state index contributed by atoms with van der Waals surface area (Å²) in [5.74, 6) is 2.12. The molecule has 1 aromatic heterocycles. The van der Waals surface area contributed by atoms with Gasteiger partial charge in [0.25, 0.3) is 0 Å². The van der Waals surface area contributed by atoms with Crippen molar-refractivity contribution in [3.8, 4) is 5.75 Å². The molecule has 0 unspecified atom stereocenters. The standard InChI is InChI=1S/C20H21ClN4O/c1-14-11-19(24-17-7-4-8-18(13-17)26-2)25-20(23-14)22-10-9-15-5-3-6-16(21)12-15/h3-8,11-13H,9-10H2,1-2H3,(H2,22,23,24,25). The molecule has 2 aromatic carbocycles. The molecule has 0 aliphatic rings. The summed E-state index contributed by atoms with van der Waals surface area (Å²) in [6, 6.07) is 17.5. The highest BCUT2D eigenvalue weighted by Crippen LogP contribution is 2.21. The van der Waals surface area contributed by atoms with Crippen molar-refractivity contribution in [2.75, 3.05) is 24.3 Å². The van der Waals surface area contributed by atoms with Gasteiger partial charge in [-0.15, -0.1) is 0 Å². The molecule has 0 bridgehead atoms. The van der Waals surface area contributed by atoms with Gasteiger partial charge in [-0.2, -0.15) is 4.98 Å². The number of rotatable bonds is 7. The lowest BCUT2D eigenvalue weighted by Crippen LogP contribution is -2.09. The first-order valence-electron chi connectivity index (χ1n) is 8.37. The Morgan fingerprint density at radius 1 is 1.04 bits per heavy atom. The lowest BCUT2D eigenvalue weighted by Gasteiger charge is -2.11. The summed E-state index contributed by atoms with van der Waals surface area (Å²) in [5.41, 5.74) is 2.97. The number of anilines is 3. The number of hydrogen-bond donors (Lipinski definition) is 2. The van der Waals surface area contributed by atoms with E-state index in [9.17, 15) is 0 Å². The molecular formula is C20H21ClN4O. The Labute approximate surface area is 158 Å². The Balaban J connectivity index is 1.65. The van der Waals surface area contributed by atoms with Crippen molar-refractivity contribution < 1.29 is 4.74 Å². The molecular weight excluding hydrogens is 348 g/mol. The third-order valence-electron chi connectivity index (χ3n) is 3.78. The molecule has 1 heterocycles. The highest BCUT2D eigenvalue weighted by atomic mass is 35.5. The van der Waals surface area contributed by atoms with Gasteiger partial charge in [-0.3, -0.25) is 0 Å². The lowest BCUT2D eigenvalue weighted by atomic mass is 10.1. The minimum atomic E-state index is 0.595. The Kier molecular flexibility index (Phi) is 5.92. The number of hydrogen-bond acceptors (Lipinski definition) is 5. The van der Waals surface area contributed by atoms with Gasteiger partial charge in [-0.25, -0.2) is 4.98 Å². The third kappa shape index (κ3) is 5.10. The molecule has 0 atom stereocenters. The van der Waals surface area contributed by atoms with E-state index in [1.807, 2.05) is 55.5 Å². The van der Waals surface area contributed by atoms with E-state index in [1.54, 1.807) is 7.11 Å². The second kappa shape index (κ2) is 8.54. The van der Waals surface area contributed by atoms with Crippen LogP contribution < -0.4 is 15.4 Å². The van der Waals surface area contributed by atoms with E-state index < -0.39 is 0 Å². The van der Waals surface area contributed by atoms with E-state index in [1.165, 1.54) is 5.56 Å². The number of ether oxygens (including phenoxy) is 1. The summed E-state index contributed by atoms with van der Waals surface area (Å²) in [5, 5.41) is 7.31. The number of nitrogens with one attached hydrogen (secondary N) is 2. The van der Waals surface area contributed by atoms with Gasteiger partial charge < -0.3 is 15.4 Å². The largest absolute Gasteiger partial charge is 0.497 e. The van der Waals surface area contributed by atoms with Crippen LogP contribution in [0.25, 0.3) is 0 Å². The number of methoxy groups -OCH3 is 1. The fourth-order valence-electron chi connectivity index (χ4n) is 2.57. The van der Waals surface area contributed by atoms with Gasteiger partial charge in [0.15, 0.2) is 0 Å². The van der Waals surface area contributed by atoms with Gasteiger partial charge in [0, 0.05) is 35.1 Å². The van der Waals surface area contributed by atoms with E-state index in [0.717, 1.165) is 40.9 Å². The summed E-state index contributed by atoms with van der Waals surface area (Å²) in [6.07, 6.45) is 0.844. The highest BCUT2D eigenvalue weighted by Gasteiger charge is 2.04. The second-order valence-electron chi connectivity index (χ2n) is 5.88. The van der Waals surface area contributed by atoms with E-state index in [4.69, 9.17) is 16.3 Å². The van der Waals surface area contributed by atoms with Crippen LogP contribution in [0, 0.1) is 6.92 Å². The van der Waals surface area contributed by atoms with Crippen molar-refractivity contribution in [3.63, 3.8) is 0 Å². The van der Waals surface area contributed by atoms with Gasteiger partial charge >= 0.3 is 0 Å². The van der Waals surface area contributed by atoms with Crippen LogP contribution in [0.1, 0.15) is 11.3 Å². The molecule has 0 fully saturated rings. The first-order chi connectivity index (χ1) is 12.6. The minimum absolute atomic E-state index is 0.595. The predicted octanol–water partition coefficient (Wildman–Crippen LogP) is 4.85. The number of aryl methyl sites for hydroxylation is 1. The van der Waals surface area contributed by atoms with Crippen molar-refractivity contribution in [1.29, 1.82) is 0 Å². The van der Waals surface area contributed by atoms with Crippen LogP contribution in [0.3, 0.4) is 0 Å². The zero-order chi connectivity index (χ0) is 18.4. The van der Waals surface area contributed by atoms with Crippen LogP contribution in [0.15, 0.2) is 54.6 Å². The van der Waals surface area contributed by atoms with Gasteiger partial charge in [0.1, 0.15) is 11.6 Å². The van der Waals surface area contributed by atoms with Crippen LogP contribution in [0.5, 0.6) is 5.75 Å². The van der Waals surface area contributed by atoms with Gasteiger partial charge in [0.2, 0.25) is 5.95 Å². The van der Waals surface area contributed by atoms with Crippen LogP contribution in [-0.2, 0) is 6.42 Å². The van der Waals surface area contributed by atoms with Crippen LogP contribution >= 0.6 is 11.6 Å². The Morgan fingerprint density at radius 2 is 1.88 bits per heavy atom. The van der Waals surface area contributed by atoms with Crippen molar-refractivity contribution in [2.45, 2.75) is 13.3 Å². The quantitative estimate of drug-likeness (QED) is 0.624. The Bertz CT molecular complexity index is 885. The summed E-state index contributed by atoms with van der Waals surface area (Å²) < 4.78 is 5.25. The first kappa shape index (κ1) is 18.0. The van der Waals surface area contributed by atoms with Crippen molar-refractivity contribution >= 4 is 29.1 Å². The smallest absolute Gasteiger partial charge is 0.224 e. The van der Waals surface area contributed by atoms with Crippen LogP contribution in [-0.4, -0.2) is 23.6 Å². The first-order valence-corrected chi connectivity index (χ1v) is 8.75. The zero-order valence-electron chi connectivity index (χ0n) is 14.8. The van der Waals surface area contributed by atoms with E-state index in [2.05, 4.69) is 26.7 Å². The molecule has 0 radical (unpaired) electrons. The van der Waals surface area contributed by atoms with E-state index in [-0.39, 0.29) is 0 Å². The summed E-state index contributed by atoms with van der Waals surface area (Å²) in [4.78, 5) is 8.98. The van der Waals surface area contributed by atoms with Crippen molar-refractivity contribution in [2.24, 2.45) is 0 Å². The average molecular weight is 369 g/mol. The maximum Gasteiger partial charge on any atom is 0.224 e. The summed E-state index contributed by atoms with van der Waals surface area (Å²) in [6.45, 7) is 2.67. The fourth-order valence-corrected chi connectivity index (χ4v) is 2.78. The molecule has 5 nitrogen and oxygen atoms in total. The maximum atomic E-state index is 6.02. The van der Waals surface area contributed by atoms with E-state index in [0.29, 0.717) is 5.95 Å². The van der Waals surface area contributed by atoms with Gasteiger partial charge in [-0.05, 0) is 43.2 Å². The molecule has 0 spiro atoms. The molecule has 0 aliphatic heterocycles. The number of aromatic nitrogens is 2. The molecule has 0 amide bonds. The third-order valence-corrected chi connectivity index (χ3v) is 4.02. The normalized spacial score (nSPS) is 10.4. The molecule has 3 rings (SSSR count). The second-order valence-corrected chi connectivity index (χ2v) is 6.32. The fraction of sp³-hybridized carbons (Fsp3) is 0.200. The molecule has 0 saturated heterocycles.